The van der Waals surface area contributed by atoms with Gasteiger partial charge in [-0.1, -0.05) is 95.7 Å². The molecule has 3 aromatic carbocycles. The van der Waals surface area contributed by atoms with Crippen LogP contribution in [0, 0.1) is 25.1 Å². The van der Waals surface area contributed by atoms with E-state index in [2.05, 4.69) is 48.2 Å². The van der Waals surface area contributed by atoms with Gasteiger partial charge in [-0.2, -0.15) is 0 Å². The SMILES string of the molecule is Cc1cc(F)c(Nc2nc(-c3ccc4c(c3)N(C3CC(N5CCCCC5)C3)C(=O)C43CCN(C(=O)CCCCCCCCCC(=O)N[C@H](C(=O)N4C[C@H](O)C[C@H]4C(=O)N[C@@H](C)c4ccc(-c5scnc5C)cc4)C(C)(C)C)CC3)cc3ncn(C(C)C)c23)cc1C(=O)NC(C)C. The van der Waals surface area contributed by atoms with E-state index in [0.717, 1.165) is 103 Å². The lowest BCUT2D eigenvalue weighted by molar-refractivity contribution is -0.144. The Morgan fingerprint density at radius 3 is 2.10 bits per heavy atom. The number of aliphatic hydroxyl groups excluding tert-OH is 1. The average molecular weight is 1330 g/mol. The molecule has 5 aliphatic rings. The van der Waals surface area contributed by atoms with Crippen molar-refractivity contribution in [3.63, 3.8) is 0 Å². The highest BCUT2D eigenvalue weighted by atomic mass is 32.1. The number of β-amino-alcohol motifs (C(OH)–C–C–N with tert-alkyl or cyclic N) is 1. The summed E-state index contributed by atoms with van der Waals surface area (Å²) < 4.78 is 18.0. The second-order valence-corrected chi connectivity index (χ2v) is 30.3. The first-order valence-corrected chi connectivity index (χ1v) is 36.1. The normalized spacial score (nSPS) is 20.2. The maximum atomic E-state index is 16.0. The van der Waals surface area contributed by atoms with E-state index in [1.165, 1.54) is 30.2 Å². The Morgan fingerprint density at radius 2 is 1.45 bits per heavy atom. The van der Waals surface area contributed by atoms with Gasteiger partial charge in [0.1, 0.15) is 23.4 Å². The third-order valence-corrected chi connectivity index (χ3v) is 21.7. The Kier molecular flexibility index (Phi) is 21.5. The first kappa shape index (κ1) is 69.7. The van der Waals surface area contributed by atoms with Gasteiger partial charge in [0.15, 0.2) is 5.82 Å². The van der Waals surface area contributed by atoms with E-state index in [9.17, 15) is 29.1 Å². The van der Waals surface area contributed by atoms with Gasteiger partial charge in [-0.3, -0.25) is 28.8 Å². The van der Waals surface area contributed by atoms with Gasteiger partial charge in [0.25, 0.3) is 5.91 Å². The fourth-order valence-corrected chi connectivity index (χ4v) is 15.9. The number of hydrogen-bond donors (Lipinski definition) is 5. The molecule has 0 unspecified atom stereocenters. The molecule has 19 nitrogen and oxygen atoms in total. The quantitative estimate of drug-likeness (QED) is 0.0357. The number of amides is 6. The predicted molar refractivity (Wildman–Crippen MR) is 375 cm³/mol. The summed E-state index contributed by atoms with van der Waals surface area (Å²) in [4.78, 5) is 108. The molecule has 6 aromatic rings. The number of fused-ring (bicyclic) bond motifs is 3. The molecule has 6 amide bonds. The number of aliphatic hydroxyl groups is 1. The van der Waals surface area contributed by atoms with E-state index in [4.69, 9.17) is 9.97 Å². The highest BCUT2D eigenvalue weighted by Crippen LogP contribution is 2.52. The molecule has 4 fully saturated rings. The minimum Gasteiger partial charge on any atom is -0.391 e. The van der Waals surface area contributed by atoms with Crippen LogP contribution in [0.5, 0.6) is 0 Å². The highest BCUT2D eigenvalue weighted by molar-refractivity contribution is 7.13. The number of hydrogen-bond acceptors (Lipinski definition) is 13. The third kappa shape index (κ3) is 15.1. The zero-order valence-electron chi connectivity index (χ0n) is 57.9. The monoisotopic (exact) mass is 1330 g/mol. The van der Waals surface area contributed by atoms with Crippen molar-refractivity contribution in [1.29, 1.82) is 0 Å². The molecule has 11 rings (SSSR count). The fraction of sp³-hybridized carbons (Fsp3) is 0.560. The Bertz CT molecular complexity index is 3820. The van der Waals surface area contributed by atoms with E-state index in [1.54, 1.807) is 30.7 Å². The molecule has 5 N–H and O–H groups in total. The molecular formula is C75H99FN12O7S. The number of likely N-dealkylation sites (tertiary alicyclic amines) is 3. The molecule has 0 radical (unpaired) electrons. The van der Waals surface area contributed by atoms with Crippen molar-refractivity contribution in [2.24, 2.45) is 5.41 Å². The molecule has 3 aromatic heterocycles. The lowest BCUT2D eigenvalue weighted by atomic mass is 9.73. The smallest absolute Gasteiger partial charge is 0.251 e. The Balaban J connectivity index is 0.669. The van der Waals surface area contributed by atoms with Crippen molar-refractivity contribution in [1.82, 2.24) is 50.2 Å². The molecular weight excluding hydrogens is 1230 g/mol. The van der Waals surface area contributed by atoms with Crippen LogP contribution in [0.25, 0.3) is 32.7 Å². The number of anilines is 3. The van der Waals surface area contributed by atoms with Crippen LogP contribution in [-0.4, -0.2) is 144 Å². The first-order valence-electron chi connectivity index (χ1n) is 35.2. The van der Waals surface area contributed by atoms with E-state index in [1.807, 2.05) is 114 Å². The number of aromatic nitrogens is 4. The van der Waals surface area contributed by atoms with E-state index >= 15 is 9.18 Å². The van der Waals surface area contributed by atoms with Crippen LogP contribution < -0.4 is 26.2 Å². The number of benzene rings is 3. The zero-order valence-corrected chi connectivity index (χ0v) is 58.7. The first-order chi connectivity index (χ1) is 45.9. The number of piperidine rings is 2. The Labute approximate surface area is 569 Å². The lowest BCUT2D eigenvalue weighted by Gasteiger charge is -2.48. The summed E-state index contributed by atoms with van der Waals surface area (Å²) in [5, 5.41) is 23.0. The Hall–Kier alpha value is -7.62. The largest absolute Gasteiger partial charge is 0.391 e. The standard InChI is InChI=1S/C75H99FN12O7S/c1-45(2)79-70(92)56-40-60(58(76)35-47(56)5)82-69-66-61(77-43-87(66)46(3)4)41-59(81-69)52-27-28-57-62(36-52)88(54-37-53(38-54)84-31-19-16-20-32-84)73(95)75(57)29-33-85(34-30-75)65(91)22-18-15-13-11-12-14-17-21-64(90)83-68(74(8,9)10)72(94)86-42-55(89)39-63(86)71(93)80-48(6)50-23-25-51(26-24-50)67-49(7)78-44-96-67/h23-28,35-36,40-41,43-46,48,53-55,63,68,89H,11-22,29-34,37-39,42H2,1-10H3,(H,79,92)(H,80,93)(H,81,82)(H,83,90)/t48-,53?,54?,55+,63-,68+/m0/s1. The van der Waals surface area contributed by atoms with Gasteiger partial charge in [-0.15, -0.1) is 11.3 Å². The van der Waals surface area contributed by atoms with E-state index < -0.39 is 34.8 Å². The van der Waals surface area contributed by atoms with Crippen molar-refractivity contribution in [3.05, 3.63) is 106 Å². The summed E-state index contributed by atoms with van der Waals surface area (Å²) >= 11 is 1.58. The molecule has 4 aliphatic heterocycles. The molecule has 3 saturated heterocycles. The molecule has 514 valence electrons. The number of nitrogens with one attached hydrogen (secondary N) is 4. The number of thiazole rings is 1. The van der Waals surface area contributed by atoms with Gasteiger partial charge in [-0.25, -0.2) is 19.3 Å². The number of rotatable bonds is 24. The maximum absolute atomic E-state index is 16.0. The summed E-state index contributed by atoms with van der Waals surface area (Å²) in [6.45, 7) is 22.3. The van der Waals surface area contributed by atoms with Gasteiger partial charge in [-0.05, 0) is 165 Å². The maximum Gasteiger partial charge on any atom is 0.251 e. The summed E-state index contributed by atoms with van der Waals surface area (Å²) in [5.74, 6) is -1.15. The number of nitrogens with zero attached hydrogens (tertiary/aromatic N) is 8. The molecule has 4 atom stereocenters. The number of pyridine rings is 1. The van der Waals surface area contributed by atoms with Crippen molar-refractivity contribution in [2.75, 3.05) is 42.9 Å². The minimum absolute atomic E-state index is 0.00351. The topological polar surface area (TPSA) is 227 Å². The van der Waals surface area contributed by atoms with Gasteiger partial charge in [0, 0.05) is 79.9 Å². The number of unbranched alkanes of at least 4 members (excludes halogenated alkanes) is 6. The highest BCUT2D eigenvalue weighted by Gasteiger charge is 2.56. The average Bonchev–Trinajstić information content (AvgIpc) is 1.55. The molecule has 1 aliphatic carbocycles. The van der Waals surface area contributed by atoms with E-state index in [0.29, 0.717) is 78.5 Å². The summed E-state index contributed by atoms with van der Waals surface area (Å²) in [6.07, 6.45) is 14.3. The summed E-state index contributed by atoms with van der Waals surface area (Å²) in [7, 11) is 0. The Morgan fingerprint density at radius 1 is 0.771 bits per heavy atom. The van der Waals surface area contributed by atoms with Crippen LogP contribution in [0.3, 0.4) is 0 Å². The van der Waals surface area contributed by atoms with Crippen LogP contribution in [0.2, 0.25) is 0 Å². The van der Waals surface area contributed by atoms with Crippen LogP contribution in [0.4, 0.5) is 21.6 Å². The number of imidazole rings is 1. The van der Waals surface area contributed by atoms with Crippen molar-refractivity contribution in [2.45, 2.75) is 232 Å². The van der Waals surface area contributed by atoms with E-state index in [-0.39, 0.29) is 84.7 Å². The van der Waals surface area contributed by atoms with Crippen LogP contribution in [-0.2, 0) is 29.4 Å². The number of halogens is 1. The van der Waals surface area contributed by atoms with Crippen LogP contribution in [0.15, 0.2) is 72.5 Å². The number of carbonyl (C=O) groups excluding carboxylic acids is 6. The molecule has 7 heterocycles. The molecule has 1 spiro atoms. The third-order valence-electron chi connectivity index (χ3n) is 20.7. The fourth-order valence-electron chi connectivity index (χ4n) is 15.1. The number of aryl methyl sites for hydroxylation is 2. The lowest BCUT2D eigenvalue weighted by Crippen LogP contribution is -2.58. The van der Waals surface area contributed by atoms with Crippen LogP contribution >= 0.6 is 11.3 Å². The van der Waals surface area contributed by atoms with Crippen molar-refractivity contribution in [3.8, 4) is 21.7 Å². The molecule has 96 heavy (non-hydrogen) atoms. The second kappa shape index (κ2) is 29.6. The minimum atomic E-state index is -0.896. The second-order valence-electron chi connectivity index (χ2n) is 29.5. The van der Waals surface area contributed by atoms with Gasteiger partial charge in [0.05, 0.1) is 56.9 Å². The van der Waals surface area contributed by atoms with Gasteiger partial charge in [0.2, 0.25) is 29.5 Å². The zero-order chi connectivity index (χ0) is 68.3. The summed E-state index contributed by atoms with van der Waals surface area (Å²) in [5.41, 5.74) is 8.95. The van der Waals surface area contributed by atoms with Gasteiger partial charge < -0.3 is 50.5 Å². The molecule has 21 heteroatoms. The predicted octanol–water partition coefficient (Wildman–Crippen LogP) is 12.5. The van der Waals surface area contributed by atoms with Crippen molar-refractivity contribution >= 4 is 75.0 Å². The van der Waals surface area contributed by atoms with Gasteiger partial charge >= 0.3 is 0 Å². The molecule has 1 saturated carbocycles. The van der Waals surface area contributed by atoms with Crippen molar-refractivity contribution < 1.29 is 38.3 Å². The van der Waals surface area contributed by atoms with Crippen LogP contribution in [0.1, 0.15) is 209 Å². The molecule has 0 bridgehead atoms. The summed E-state index contributed by atoms with van der Waals surface area (Å²) in [6, 6.07) is 17.3. The number of carbonyl (C=O) groups is 6.